The van der Waals surface area contributed by atoms with Crippen molar-refractivity contribution in [1.29, 1.82) is 0 Å². The molecular formula is C14H18Cl2N2O4S. The summed E-state index contributed by atoms with van der Waals surface area (Å²) >= 11 is 11.7. The zero-order chi connectivity index (χ0) is 17.0. The molecule has 23 heavy (non-hydrogen) atoms. The summed E-state index contributed by atoms with van der Waals surface area (Å²) in [5, 5.41) is 3.59. The SMILES string of the molecule is CS(=O)(=O)N1CCCC(NC(=O)COc2ccc(Cl)cc2Cl)C1. The lowest BCUT2D eigenvalue weighted by Crippen LogP contribution is -2.50. The number of sulfonamides is 1. The van der Waals surface area contributed by atoms with Gasteiger partial charge in [-0.3, -0.25) is 4.79 Å². The molecule has 1 aromatic carbocycles. The Morgan fingerprint density at radius 1 is 1.43 bits per heavy atom. The molecule has 1 fully saturated rings. The van der Waals surface area contributed by atoms with Crippen LogP contribution in [0.25, 0.3) is 0 Å². The van der Waals surface area contributed by atoms with Gasteiger partial charge in [0.2, 0.25) is 10.0 Å². The van der Waals surface area contributed by atoms with Crippen LogP contribution in [0.15, 0.2) is 18.2 Å². The number of hydrogen-bond acceptors (Lipinski definition) is 4. The highest BCUT2D eigenvalue weighted by molar-refractivity contribution is 7.88. The highest BCUT2D eigenvalue weighted by Gasteiger charge is 2.26. The van der Waals surface area contributed by atoms with Gasteiger partial charge in [0.1, 0.15) is 5.75 Å². The number of ether oxygens (including phenoxy) is 1. The fourth-order valence-electron chi connectivity index (χ4n) is 2.37. The van der Waals surface area contributed by atoms with Crippen molar-refractivity contribution in [2.75, 3.05) is 26.0 Å². The smallest absolute Gasteiger partial charge is 0.258 e. The highest BCUT2D eigenvalue weighted by Crippen LogP contribution is 2.27. The normalized spacial score (nSPS) is 19.3. The van der Waals surface area contributed by atoms with Crippen LogP contribution in [0, 0.1) is 0 Å². The standard InChI is InChI=1S/C14H18Cl2N2O4S/c1-23(20,21)18-6-2-3-11(8-18)17-14(19)9-22-13-5-4-10(15)7-12(13)16/h4-5,7,11H,2-3,6,8-9H2,1H3,(H,17,19). The van der Waals surface area contributed by atoms with Gasteiger partial charge in [-0.1, -0.05) is 23.2 Å². The minimum absolute atomic E-state index is 0.198. The summed E-state index contributed by atoms with van der Waals surface area (Å²) in [5.41, 5.74) is 0. The van der Waals surface area contributed by atoms with E-state index in [1.807, 2.05) is 0 Å². The summed E-state index contributed by atoms with van der Waals surface area (Å²) in [5.74, 6) is 0.0454. The molecule has 0 aromatic heterocycles. The first kappa shape index (κ1) is 18.3. The molecule has 1 atom stereocenters. The van der Waals surface area contributed by atoms with Crippen molar-refractivity contribution in [3.05, 3.63) is 28.2 Å². The molecule has 128 valence electrons. The van der Waals surface area contributed by atoms with Gasteiger partial charge in [0.05, 0.1) is 11.3 Å². The number of rotatable bonds is 5. The maximum Gasteiger partial charge on any atom is 0.258 e. The number of carbonyl (C=O) groups excluding carboxylic acids is 1. The molecule has 6 nitrogen and oxygen atoms in total. The van der Waals surface area contributed by atoms with Crippen LogP contribution in [0.2, 0.25) is 10.0 Å². The summed E-state index contributed by atoms with van der Waals surface area (Å²) < 4.78 is 29.8. The average Bonchev–Trinajstić information content (AvgIpc) is 2.45. The Morgan fingerprint density at radius 3 is 2.83 bits per heavy atom. The third-order valence-corrected chi connectivity index (χ3v) is 5.27. The second kappa shape index (κ2) is 7.70. The van der Waals surface area contributed by atoms with Crippen LogP contribution in [-0.2, 0) is 14.8 Å². The van der Waals surface area contributed by atoms with Crippen molar-refractivity contribution in [1.82, 2.24) is 9.62 Å². The van der Waals surface area contributed by atoms with Gasteiger partial charge < -0.3 is 10.1 Å². The number of benzene rings is 1. The predicted molar refractivity (Wildman–Crippen MR) is 89.5 cm³/mol. The average molecular weight is 381 g/mol. The first-order valence-corrected chi connectivity index (χ1v) is 9.68. The Bertz CT molecular complexity index is 681. The molecule has 1 aromatic rings. The molecule has 1 aliphatic rings. The second-order valence-corrected chi connectivity index (χ2v) is 8.22. The van der Waals surface area contributed by atoms with Crippen molar-refractivity contribution < 1.29 is 17.9 Å². The molecule has 1 aliphatic heterocycles. The van der Waals surface area contributed by atoms with Gasteiger partial charge in [-0.25, -0.2) is 12.7 Å². The van der Waals surface area contributed by atoms with Crippen LogP contribution >= 0.6 is 23.2 Å². The van der Waals surface area contributed by atoms with Gasteiger partial charge in [0.15, 0.2) is 6.61 Å². The van der Waals surface area contributed by atoms with Crippen LogP contribution in [0.3, 0.4) is 0 Å². The van der Waals surface area contributed by atoms with Crippen molar-refractivity contribution in [2.45, 2.75) is 18.9 Å². The number of hydrogen-bond donors (Lipinski definition) is 1. The third-order valence-electron chi connectivity index (χ3n) is 3.47. The molecule has 9 heteroatoms. The van der Waals surface area contributed by atoms with E-state index in [-0.39, 0.29) is 25.1 Å². The van der Waals surface area contributed by atoms with Crippen molar-refractivity contribution in [2.24, 2.45) is 0 Å². The number of nitrogens with zero attached hydrogens (tertiary/aromatic N) is 1. The number of nitrogens with one attached hydrogen (secondary N) is 1. The van der Waals surface area contributed by atoms with Crippen LogP contribution in [0.5, 0.6) is 5.75 Å². The molecule has 0 spiro atoms. The minimum Gasteiger partial charge on any atom is -0.482 e. The molecule has 0 bridgehead atoms. The van der Waals surface area contributed by atoms with E-state index in [1.165, 1.54) is 16.6 Å². The number of piperidine rings is 1. The second-order valence-electron chi connectivity index (χ2n) is 5.39. The molecule has 0 aliphatic carbocycles. The molecule has 1 saturated heterocycles. The van der Waals surface area contributed by atoms with E-state index in [2.05, 4.69) is 5.32 Å². The molecule has 1 unspecified atom stereocenters. The van der Waals surface area contributed by atoms with E-state index in [0.717, 1.165) is 6.42 Å². The summed E-state index contributed by atoms with van der Waals surface area (Å²) in [6, 6.07) is 4.52. The van der Waals surface area contributed by atoms with Crippen LogP contribution in [0.1, 0.15) is 12.8 Å². The van der Waals surface area contributed by atoms with Gasteiger partial charge in [-0.15, -0.1) is 0 Å². The van der Waals surface area contributed by atoms with Crippen molar-refractivity contribution in [3.63, 3.8) is 0 Å². The molecule has 1 N–H and O–H groups in total. The van der Waals surface area contributed by atoms with Crippen LogP contribution < -0.4 is 10.1 Å². The first-order valence-electron chi connectivity index (χ1n) is 7.08. The Labute approximate surface area is 145 Å². The van der Waals surface area contributed by atoms with Gasteiger partial charge in [-0.05, 0) is 31.0 Å². The lowest BCUT2D eigenvalue weighted by atomic mass is 10.1. The predicted octanol–water partition coefficient (Wildman–Crippen LogP) is 1.91. The largest absolute Gasteiger partial charge is 0.482 e. The van der Waals surface area contributed by atoms with Gasteiger partial charge in [0.25, 0.3) is 5.91 Å². The van der Waals surface area contributed by atoms with Crippen LogP contribution in [-0.4, -0.2) is 50.6 Å². The van der Waals surface area contributed by atoms with Crippen molar-refractivity contribution >= 4 is 39.1 Å². The maximum absolute atomic E-state index is 11.9. The molecule has 0 radical (unpaired) electrons. The Kier molecular flexibility index (Phi) is 6.13. The number of carbonyl (C=O) groups is 1. The molecular weight excluding hydrogens is 363 g/mol. The summed E-state index contributed by atoms with van der Waals surface area (Å²) in [4.78, 5) is 11.9. The van der Waals surface area contributed by atoms with Gasteiger partial charge in [0, 0.05) is 24.2 Å². The number of amides is 1. The highest BCUT2D eigenvalue weighted by atomic mass is 35.5. The third kappa shape index (κ3) is 5.53. The minimum atomic E-state index is -3.24. The Hall–Kier alpha value is -1.02. The van der Waals surface area contributed by atoms with E-state index < -0.39 is 10.0 Å². The lowest BCUT2D eigenvalue weighted by Gasteiger charge is -2.31. The first-order chi connectivity index (χ1) is 10.8. The topological polar surface area (TPSA) is 75.7 Å². The summed E-state index contributed by atoms with van der Waals surface area (Å²) in [6.45, 7) is 0.574. The fraction of sp³-hybridized carbons (Fsp3) is 0.500. The van der Waals surface area contributed by atoms with Crippen LogP contribution in [0.4, 0.5) is 0 Å². The van der Waals surface area contributed by atoms with Crippen molar-refractivity contribution in [3.8, 4) is 5.75 Å². The quantitative estimate of drug-likeness (QED) is 0.846. The lowest BCUT2D eigenvalue weighted by molar-refractivity contribution is -0.124. The number of halogens is 2. The van der Waals surface area contributed by atoms with Gasteiger partial charge >= 0.3 is 0 Å². The van der Waals surface area contributed by atoms with E-state index in [9.17, 15) is 13.2 Å². The molecule has 1 heterocycles. The summed E-state index contributed by atoms with van der Waals surface area (Å²) in [7, 11) is -3.24. The van der Waals surface area contributed by atoms with E-state index >= 15 is 0 Å². The monoisotopic (exact) mass is 380 g/mol. The van der Waals surface area contributed by atoms with E-state index in [1.54, 1.807) is 12.1 Å². The maximum atomic E-state index is 11.9. The Balaban J connectivity index is 1.85. The fourth-order valence-corrected chi connectivity index (χ4v) is 3.74. The van der Waals surface area contributed by atoms with Gasteiger partial charge in [-0.2, -0.15) is 0 Å². The Morgan fingerprint density at radius 2 is 2.17 bits per heavy atom. The zero-order valence-electron chi connectivity index (χ0n) is 12.6. The summed E-state index contributed by atoms with van der Waals surface area (Å²) in [6.07, 6.45) is 2.62. The molecule has 0 saturated carbocycles. The molecule has 2 rings (SSSR count). The van der Waals surface area contributed by atoms with E-state index in [4.69, 9.17) is 27.9 Å². The zero-order valence-corrected chi connectivity index (χ0v) is 14.9. The van der Waals surface area contributed by atoms with E-state index in [0.29, 0.717) is 28.8 Å². The molecule has 1 amide bonds.